The lowest BCUT2D eigenvalue weighted by molar-refractivity contribution is -0.203. The Hall–Kier alpha value is -2.33. The van der Waals surface area contributed by atoms with Crippen molar-refractivity contribution in [2.24, 2.45) is 5.92 Å². The van der Waals surface area contributed by atoms with Crippen LogP contribution >= 0.6 is 0 Å². The van der Waals surface area contributed by atoms with Crippen molar-refractivity contribution in [2.75, 3.05) is 13.2 Å². The molecule has 2 aromatic rings. The zero-order valence-electron chi connectivity index (χ0n) is 17.1. The molecular formula is C22H21F7O3. The van der Waals surface area contributed by atoms with Crippen molar-refractivity contribution < 1.29 is 44.9 Å². The van der Waals surface area contributed by atoms with E-state index in [0.29, 0.717) is 19.3 Å². The third-order valence-electron chi connectivity index (χ3n) is 5.06. The highest BCUT2D eigenvalue weighted by Gasteiger charge is 2.39. The van der Waals surface area contributed by atoms with Gasteiger partial charge in [0.15, 0.2) is 35.4 Å². The fraction of sp³-hybridized carbons (Fsp3) is 0.455. The normalized spacial score (nSPS) is 19.2. The molecule has 3 nitrogen and oxygen atoms in total. The van der Waals surface area contributed by atoms with E-state index in [1.807, 2.05) is 6.92 Å². The summed E-state index contributed by atoms with van der Waals surface area (Å²) in [6, 6.07) is 1.91. The highest BCUT2D eigenvalue weighted by molar-refractivity contribution is 5.31. The molecule has 0 aliphatic carbocycles. The van der Waals surface area contributed by atoms with Crippen LogP contribution in [0.3, 0.4) is 0 Å². The van der Waals surface area contributed by atoms with E-state index in [1.165, 1.54) is 0 Å². The van der Waals surface area contributed by atoms with E-state index >= 15 is 0 Å². The van der Waals surface area contributed by atoms with E-state index in [0.717, 1.165) is 18.9 Å². The zero-order valence-corrected chi connectivity index (χ0v) is 17.1. The Kier molecular flexibility index (Phi) is 7.66. The van der Waals surface area contributed by atoms with E-state index in [-0.39, 0.29) is 36.5 Å². The molecule has 0 spiro atoms. The van der Waals surface area contributed by atoms with E-state index in [9.17, 15) is 30.7 Å². The number of halogens is 7. The van der Waals surface area contributed by atoms with Gasteiger partial charge in [-0.15, -0.1) is 0 Å². The molecule has 10 heteroatoms. The molecule has 0 radical (unpaired) electrons. The predicted octanol–water partition coefficient (Wildman–Crippen LogP) is 6.23. The van der Waals surface area contributed by atoms with Crippen molar-refractivity contribution in [3.8, 4) is 5.75 Å². The minimum absolute atomic E-state index is 0.0348. The average Bonchev–Trinajstić information content (AvgIpc) is 2.74. The molecule has 32 heavy (non-hydrogen) atoms. The minimum Gasteiger partial charge on any atom is -0.429 e. The van der Waals surface area contributed by atoms with Crippen LogP contribution in [0.4, 0.5) is 30.7 Å². The van der Waals surface area contributed by atoms with E-state index in [2.05, 4.69) is 4.74 Å². The van der Waals surface area contributed by atoms with Gasteiger partial charge in [-0.25, -0.2) is 22.0 Å². The van der Waals surface area contributed by atoms with Crippen molar-refractivity contribution in [3.05, 3.63) is 64.5 Å². The van der Waals surface area contributed by atoms with Crippen LogP contribution in [0.5, 0.6) is 5.75 Å². The molecule has 176 valence electrons. The Labute approximate surface area is 180 Å². The Balaban J connectivity index is 1.68. The lowest BCUT2D eigenvalue weighted by atomic mass is 10.0. The summed E-state index contributed by atoms with van der Waals surface area (Å²) in [5.41, 5.74) is -1.65. The second kappa shape index (κ2) is 10.1. The molecule has 0 saturated carbocycles. The second-order valence-electron chi connectivity index (χ2n) is 7.51. The molecule has 0 bridgehead atoms. The topological polar surface area (TPSA) is 27.7 Å². The van der Waals surface area contributed by atoms with Crippen LogP contribution in [-0.2, 0) is 22.0 Å². The summed E-state index contributed by atoms with van der Waals surface area (Å²) in [5.74, 6) is -9.63. The maximum atomic E-state index is 14.4. The number of alkyl halides is 2. The van der Waals surface area contributed by atoms with Gasteiger partial charge >= 0.3 is 6.11 Å². The van der Waals surface area contributed by atoms with Crippen LogP contribution < -0.4 is 4.74 Å². The number of ether oxygens (including phenoxy) is 3. The first-order valence-electron chi connectivity index (χ1n) is 10.0. The summed E-state index contributed by atoms with van der Waals surface area (Å²) in [7, 11) is 0. The number of benzene rings is 2. The SMILES string of the molecule is CCCC1COC(CCc2ccc(C(F)(F)Oc3cc(F)c(F)c(F)c3)c(F)c2F)OC1. The summed E-state index contributed by atoms with van der Waals surface area (Å²) in [4.78, 5) is 0. The molecule has 0 N–H and O–H groups in total. The van der Waals surface area contributed by atoms with Crippen molar-refractivity contribution in [1.29, 1.82) is 0 Å². The Bertz CT molecular complexity index is 920. The third-order valence-corrected chi connectivity index (χ3v) is 5.06. The van der Waals surface area contributed by atoms with Crippen LogP contribution in [0.15, 0.2) is 24.3 Å². The monoisotopic (exact) mass is 466 g/mol. The Morgan fingerprint density at radius 3 is 2.12 bits per heavy atom. The molecule has 2 aromatic carbocycles. The van der Waals surface area contributed by atoms with Gasteiger partial charge in [0, 0.05) is 24.5 Å². The number of aryl methyl sites for hydroxylation is 1. The fourth-order valence-corrected chi connectivity index (χ4v) is 3.40. The molecule has 1 aliphatic rings. The van der Waals surface area contributed by atoms with Crippen molar-refractivity contribution in [2.45, 2.75) is 45.0 Å². The molecular weight excluding hydrogens is 445 g/mol. The first kappa shape index (κ1) is 24.3. The van der Waals surface area contributed by atoms with Crippen molar-refractivity contribution in [3.63, 3.8) is 0 Å². The van der Waals surface area contributed by atoms with Crippen LogP contribution in [-0.4, -0.2) is 19.5 Å². The van der Waals surface area contributed by atoms with E-state index in [1.54, 1.807) is 0 Å². The molecule has 1 fully saturated rings. The van der Waals surface area contributed by atoms with Gasteiger partial charge in [0.1, 0.15) is 11.3 Å². The van der Waals surface area contributed by atoms with Gasteiger partial charge in [-0.1, -0.05) is 19.4 Å². The van der Waals surface area contributed by atoms with Gasteiger partial charge in [-0.3, -0.25) is 0 Å². The summed E-state index contributed by atoms with van der Waals surface area (Å²) >= 11 is 0. The smallest absolute Gasteiger partial charge is 0.429 e. The van der Waals surface area contributed by atoms with Gasteiger partial charge in [0.25, 0.3) is 0 Å². The lowest BCUT2D eigenvalue weighted by Gasteiger charge is -2.29. The first-order valence-corrected chi connectivity index (χ1v) is 10.0. The van der Waals surface area contributed by atoms with Crippen LogP contribution in [0.2, 0.25) is 0 Å². The molecule has 1 saturated heterocycles. The number of hydrogen-bond donors (Lipinski definition) is 0. The molecule has 1 heterocycles. The maximum Gasteiger partial charge on any atom is 0.429 e. The first-order chi connectivity index (χ1) is 15.1. The lowest BCUT2D eigenvalue weighted by Crippen LogP contribution is -2.32. The van der Waals surface area contributed by atoms with Gasteiger partial charge in [0.2, 0.25) is 0 Å². The van der Waals surface area contributed by atoms with Crippen LogP contribution in [0.1, 0.15) is 37.3 Å². The average molecular weight is 466 g/mol. The number of hydrogen-bond acceptors (Lipinski definition) is 3. The summed E-state index contributed by atoms with van der Waals surface area (Å²) in [6.07, 6.45) is -3.01. The van der Waals surface area contributed by atoms with Crippen LogP contribution in [0.25, 0.3) is 0 Å². The second-order valence-corrected chi connectivity index (χ2v) is 7.51. The van der Waals surface area contributed by atoms with E-state index < -0.39 is 52.8 Å². The van der Waals surface area contributed by atoms with Gasteiger partial charge in [0.05, 0.1) is 13.2 Å². The standard InChI is InChI=1S/C22H21F7O3/c1-2-3-12-10-30-18(31-11-12)7-5-13-4-6-15(20(26)19(13)25)22(28,29)32-14-8-16(23)21(27)17(24)9-14/h4,6,8-9,12,18H,2-3,5,7,10-11H2,1H3. The zero-order chi connectivity index (χ0) is 23.5. The van der Waals surface area contributed by atoms with Crippen molar-refractivity contribution in [1.82, 2.24) is 0 Å². The highest BCUT2D eigenvalue weighted by atomic mass is 19.3. The number of rotatable bonds is 8. The molecule has 1 aliphatic heterocycles. The highest BCUT2D eigenvalue weighted by Crippen LogP contribution is 2.35. The van der Waals surface area contributed by atoms with Gasteiger partial charge in [-0.05, 0) is 24.5 Å². The Morgan fingerprint density at radius 1 is 0.906 bits per heavy atom. The van der Waals surface area contributed by atoms with Crippen molar-refractivity contribution >= 4 is 0 Å². The minimum atomic E-state index is -4.48. The molecule has 3 rings (SSSR count). The van der Waals surface area contributed by atoms with Gasteiger partial charge in [-0.2, -0.15) is 8.78 Å². The quantitative estimate of drug-likeness (QED) is 0.341. The summed E-state index contributed by atoms with van der Waals surface area (Å²) < 4.78 is 112. The summed E-state index contributed by atoms with van der Waals surface area (Å²) in [6.45, 7) is 3.02. The Morgan fingerprint density at radius 2 is 1.53 bits per heavy atom. The molecule has 0 aromatic heterocycles. The maximum absolute atomic E-state index is 14.4. The largest absolute Gasteiger partial charge is 0.429 e. The van der Waals surface area contributed by atoms with Gasteiger partial charge < -0.3 is 14.2 Å². The fourth-order valence-electron chi connectivity index (χ4n) is 3.40. The summed E-state index contributed by atoms with van der Waals surface area (Å²) in [5, 5.41) is 0. The molecule has 0 unspecified atom stereocenters. The molecule has 0 atom stereocenters. The van der Waals surface area contributed by atoms with E-state index in [4.69, 9.17) is 9.47 Å². The van der Waals surface area contributed by atoms with Crippen LogP contribution in [0, 0.1) is 35.0 Å². The molecule has 0 amide bonds. The predicted molar refractivity (Wildman–Crippen MR) is 99.6 cm³/mol. The third kappa shape index (κ3) is 5.53.